The maximum atomic E-state index is 10.5. The number of aromatic hydroxyl groups is 1. The van der Waals surface area contributed by atoms with Crippen LogP contribution < -0.4 is 14.2 Å². The summed E-state index contributed by atoms with van der Waals surface area (Å²) in [6.45, 7) is 6.15. The van der Waals surface area contributed by atoms with Gasteiger partial charge in [0, 0.05) is 5.56 Å². The Balaban J connectivity index is 1.87. The third-order valence-electron chi connectivity index (χ3n) is 4.27. The molecule has 2 aromatic carbocycles. The largest absolute Gasteiger partial charge is 0.504 e. The summed E-state index contributed by atoms with van der Waals surface area (Å²) in [6.07, 6.45) is 3.36. The van der Waals surface area contributed by atoms with Gasteiger partial charge in [0.1, 0.15) is 0 Å². The number of hydrogen-bond donors (Lipinski definition) is 1. The van der Waals surface area contributed by atoms with Crippen LogP contribution in [0.3, 0.4) is 0 Å². The van der Waals surface area contributed by atoms with Crippen molar-refractivity contribution in [3.8, 4) is 23.0 Å². The van der Waals surface area contributed by atoms with E-state index in [0.717, 1.165) is 41.0 Å². The van der Waals surface area contributed by atoms with Gasteiger partial charge in [-0.25, -0.2) is 0 Å². The van der Waals surface area contributed by atoms with E-state index in [4.69, 9.17) is 14.2 Å². The predicted molar refractivity (Wildman–Crippen MR) is 93.2 cm³/mol. The highest BCUT2D eigenvalue weighted by molar-refractivity contribution is 5.51. The van der Waals surface area contributed by atoms with Crippen molar-refractivity contribution in [3.05, 3.63) is 59.7 Å². The Hall–Kier alpha value is -2.62. The van der Waals surface area contributed by atoms with E-state index in [9.17, 15) is 5.11 Å². The van der Waals surface area contributed by atoms with Gasteiger partial charge in [-0.2, -0.15) is 0 Å². The van der Waals surface area contributed by atoms with Gasteiger partial charge in [0.15, 0.2) is 23.0 Å². The molecule has 1 heterocycles. The van der Waals surface area contributed by atoms with Crippen molar-refractivity contribution >= 4 is 0 Å². The lowest BCUT2D eigenvalue weighted by molar-refractivity contribution is 0.174. The van der Waals surface area contributed by atoms with Gasteiger partial charge in [-0.15, -0.1) is 6.58 Å². The van der Waals surface area contributed by atoms with Crippen LogP contribution in [0, 0.1) is 0 Å². The number of phenolic OH excluding ortho intramolecular Hbond substituents is 1. The summed E-state index contributed by atoms with van der Waals surface area (Å²) in [5.41, 5.74) is 3.09. The van der Waals surface area contributed by atoms with Crippen LogP contribution in [0.4, 0.5) is 0 Å². The molecule has 1 atom stereocenters. The van der Waals surface area contributed by atoms with E-state index in [2.05, 4.69) is 13.5 Å². The number of hydrogen-bond acceptors (Lipinski definition) is 4. The lowest BCUT2D eigenvalue weighted by Gasteiger charge is -2.17. The molecule has 1 N–H and O–H groups in total. The lowest BCUT2D eigenvalue weighted by atomic mass is 9.91. The molecule has 0 saturated carbocycles. The fraction of sp³-hybridized carbons (Fsp3) is 0.300. The third kappa shape index (κ3) is 3.18. The molecule has 126 valence electrons. The van der Waals surface area contributed by atoms with Gasteiger partial charge >= 0.3 is 0 Å². The highest BCUT2D eigenvalue weighted by Gasteiger charge is 2.18. The molecule has 3 rings (SSSR count). The van der Waals surface area contributed by atoms with Crippen molar-refractivity contribution in [3.63, 3.8) is 0 Å². The summed E-state index contributed by atoms with van der Waals surface area (Å²) in [6, 6.07) is 9.84. The van der Waals surface area contributed by atoms with E-state index < -0.39 is 0 Å². The lowest BCUT2D eigenvalue weighted by Crippen LogP contribution is -2.02. The molecule has 4 nitrogen and oxygen atoms in total. The summed E-state index contributed by atoms with van der Waals surface area (Å²) in [4.78, 5) is 0. The predicted octanol–water partition coefficient (Wildman–Crippen LogP) is 4.20. The molecule has 4 heteroatoms. The summed E-state index contributed by atoms with van der Waals surface area (Å²) in [7, 11) is 1.57. The van der Waals surface area contributed by atoms with Gasteiger partial charge in [-0.05, 0) is 48.1 Å². The molecule has 0 spiro atoms. The molecule has 0 bridgehead atoms. The minimum Gasteiger partial charge on any atom is -0.504 e. The average molecular weight is 326 g/mol. The van der Waals surface area contributed by atoms with E-state index in [1.165, 1.54) is 0 Å². The number of fused-ring (bicyclic) bond motifs is 1. The first-order valence-corrected chi connectivity index (χ1v) is 8.01. The first-order valence-electron chi connectivity index (χ1n) is 8.01. The summed E-state index contributed by atoms with van der Waals surface area (Å²) < 4.78 is 16.1. The maximum Gasteiger partial charge on any atom is 0.231 e. The van der Waals surface area contributed by atoms with Crippen LogP contribution in [0.15, 0.2) is 43.0 Å². The number of rotatable bonds is 6. The highest BCUT2D eigenvalue weighted by atomic mass is 16.7. The van der Waals surface area contributed by atoms with Crippen molar-refractivity contribution in [2.45, 2.75) is 25.7 Å². The number of methoxy groups -OCH3 is 1. The van der Waals surface area contributed by atoms with E-state index in [1.807, 2.05) is 36.4 Å². The quantitative estimate of drug-likeness (QED) is 0.808. The van der Waals surface area contributed by atoms with Crippen molar-refractivity contribution in [1.29, 1.82) is 0 Å². The Labute approximate surface area is 142 Å². The molecule has 0 aromatic heterocycles. The molecule has 0 radical (unpaired) electrons. The molecule has 1 aliphatic rings. The molecule has 0 fully saturated rings. The summed E-state index contributed by atoms with van der Waals surface area (Å²) in [5.74, 6) is 2.40. The molecule has 2 aromatic rings. The van der Waals surface area contributed by atoms with Gasteiger partial charge in [0.05, 0.1) is 7.11 Å². The number of benzene rings is 2. The van der Waals surface area contributed by atoms with Crippen LogP contribution >= 0.6 is 0 Å². The van der Waals surface area contributed by atoms with Crippen molar-refractivity contribution < 1.29 is 19.3 Å². The molecular weight excluding hydrogens is 304 g/mol. The van der Waals surface area contributed by atoms with Crippen LogP contribution in [-0.2, 0) is 12.8 Å². The van der Waals surface area contributed by atoms with E-state index in [0.29, 0.717) is 5.75 Å². The van der Waals surface area contributed by atoms with Crippen LogP contribution in [-0.4, -0.2) is 19.0 Å². The fourth-order valence-corrected chi connectivity index (χ4v) is 3.04. The molecule has 0 amide bonds. The summed E-state index contributed by atoms with van der Waals surface area (Å²) >= 11 is 0. The average Bonchev–Trinajstić information content (AvgIpc) is 3.04. The molecule has 1 aliphatic heterocycles. The first-order chi connectivity index (χ1) is 11.6. The van der Waals surface area contributed by atoms with Crippen molar-refractivity contribution in [1.82, 2.24) is 0 Å². The fourth-order valence-electron chi connectivity index (χ4n) is 3.04. The zero-order valence-corrected chi connectivity index (χ0v) is 14.0. The van der Waals surface area contributed by atoms with Crippen LogP contribution in [0.2, 0.25) is 0 Å². The standard InChI is InChI=1S/C20H22O4/c1-4-5-14-9-16(20(21)19(11-14)22-3)13(2)8-15-6-7-17-18(10-15)24-12-23-17/h4,6-7,9-11,13,21H,1,5,8,12H2,2-3H3/t13-/m1/s1. The minimum atomic E-state index is 0.129. The topological polar surface area (TPSA) is 47.9 Å². The number of phenols is 1. The minimum absolute atomic E-state index is 0.129. The zero-order chi connectivity index (χ0) is 17.1. The van der Waals surface area contributed by atoms with E-state index in [-0.39, 0.29) is 18.5 Å². The molecule has 24 heavy (non-hydrogen) atoms. The maximum absolute atomic E-state index is 10.5. The van der Waals surface area contributed by atoms with E-state index in [1.54, 1.807) is 7.11 Å². The number of ether oxygens (including phenoxy) is 3. The van der Waals surface area contributed by atoms with Gasteiger partial charge < -0.3 is 19.3 Å². The van der Waals surface area contributed by atoms with E-state index >= 15 is 0 Å². The first kappa shape index (κ1) is 16.2. The van der Waals surface area contributed by atoms with Crippen molar-refractivity contribution in [2.24, 2.45) is 0 Å². The second kappa shape index (κ2) is 6.87. The Morgan fingerprint density at radius 3 is 2.75 bits per heavy atom. The van der Waals surface area contributed by atoms with Crippen molar-refractivity contribution in [2.75, 3.05) is 13.9 Å². The van der Waals surface area contributed by atoms with Crippen LogP contribution in [0.5, 0.6) is 23.0 Å². The Morgan fingerprint density at radius 1 is 1.21 bits per heavy atom. The summed E-state index contributed by atoms with van der Waals surface area (Å²) in [5, 5.41) is 10.5. The van der Waals surface area contributed by atoms with Gasteiger partial charge in [-0.1, -0.05) is 25.1 Å². The van der Waals surface area contributed by atoms with Gasteiger partial charge in [0.2, 0.25) is 6.79 Å². The highest BCUT2D eigenvalue weighted by Crippen LogP contribution is 2.39. The van der Waals surface area contributed by atoms with Crippen LogP contribution in [0.1, 0.15) is 29.5 Å². The third-order valence-corrected chi connectivity index (χ3v) is 4.27. The second-order valence-corrected chi connectivity index (χ2v) is 6.02. The smallest absolute Gasteiger partial charge is 0.231 e. The molecule has 0 saturated heterocycles. The number of allylic oxidation sites excluding steroid dienone is 1. The Kier molecular flexibility index (Phi) is 4.65. The molecule has 0 unspecified atom stereocenters. The Morgan fingerprint density at radius 2 is 2.00 bits per heavy atom. The van der Waals surface area contributed by atoms with Gasteiger partial charge in [-0.3, -0.25) is 0 Å². The normalized spacial score (nSPS) is 13.6. The second-order valence-electron chi connectivity index (χ2n) is 6.02. The molecule has 0 aliphatic carbocycles. The van der Waals surface area contributed by atoms with Gasteiger partial charge in [0.25, 0.3) is 0 Å². The zero-order valence-electron chi connectivity index (χ0n) is 14.0. The monoisotopic (exact) mass is 326 g/mol. The Bertz CT molecular complexity index is 752. The SMILES string of the molecule is C=CCc1cc(OC)c(O)c([C@H](C)Cc2ccc3c(c2)OCO3)c1. The molecular formula is C20H22O4. The van der Waals surface area contributed by atoms with Crippen LogP contribution in [0.25, 0.3) is 0 Å².